The Hall–Kier alpha value is -0.420. The van der Waals surface area contributed by atoms with Gasteiger partial charge in [0.15, 0.2) is 0 Å². The average Bonchev–Trinajstić information content (AvgIpc) is 2.42. The van der Waals surface area contributed by atoms with Gasteiger partial charge in [0.05, 0.1) is 5.25 Å². The SMILES string of the molecule is CC1SCC(c2nc(N)c3c(n2)CCCC3)SC1C. The number of aryl methyl sites for hydroxylation is 1. The maximum Gasteiger partial charge on any atom is 0.144 e. The standard InChI is InChI=1S/C14H21N3S2/c1-8-9(2)19-12(7-18-8)14-16-11-6-4-3-5-10(11)13(15)17-14/h8-9,12H,3-7H2,1-2H3,(H2,15,16,17). The van der Waals surface area contributed by atoms with Crippen molar-refractivity contribution in [3.05, 3.63) is 17.1 Å². The molecule has 1 aliphatic heterocycles. The summed E-state index contributed by atoms with van der Waals surface area (Å²) >= 11 is 4.04. The molecule has 3 atom stereocenters. The lowest BCUT2D eigenvalue weighted by atomic mass is 9.96. The second-order valence-electron chi connectivity index (χ2n) is 5.47. The number of hydrogen-bond acceptors (Lipinski definition) is 5. The van der Waals surface area contributed by atoms with Gasteiger partial charge in [-0.1, -0.05) is 13.8 Å². The molecule has 0 spiro atoms. The first-order valence-corrected chi connectivity index (χ1v) is 9.06. The van der Waals surface area contributed by atoms with Crippen LogP contribution in [0.3, 0.4) is 0 Å². The molecule has 1 aromatic rings. The first kappa shape index (κ1) is 13.6. The van der Waals surface area contributed by atoms with Crippen LogP contribution in [0.4, 0.5) is 5.82 Å². The van der Waals surface area contributed by atoms with Crippen molar-refractivity contribution in [1.29, 1.82) is 0 Å². The van der Waals surface area contributed by atoms with Gasteiger partial charge in [-0.25, -0.2) is 9.97 Å². The number of anilines is 1. The molecule has 104 valence electrons. The third kappa shape index (κ3) is 2.72. The Morgan fingerprint density at radius 3 is 2.68 bits per heavy atom. The zero-order chi connectivity index (χ0) is 13.4. The van der Waals surface area contributed by atoms with Gasteiger partial charge in [-0.2, -0.15) is 11.8 Å². The molecule has 3 unspecified atom stereocenters. The molecule has 3 rings (SSSR count). The monoisotopic (exact) mass is 295 g/mol. The lowest BCUT2D eigenvalue weighted by Crippen LogP contribution is -2.24. The average molecular weight is 295 g/mol. The highest BCUT2D eigenvalue weighted by atomic mass is 32.2. The highest BCUT2D eigenvalue weighted by Gasteiger charge is 2.29. The molecule has 0 aromatic carbocycles. The van der Waals surface area contributed by atoms with Crippen molar-refractivity contribution >= 4 is 29.3 Å². The summed E-state index contributed by atoms with van der Waals surface area (Å²) in [6, 6.07) is 0. The maximum atomic E-state index is 6.14. The summed E-state index contributed by atoms with van der Waals surface area (Å²) in [6.07, 6.45) is 4.60. The first-order chi connectivity index (χ1) is 9.15. The van der Waals surface area contributed by atoms with Crippen molar-refractivity contribution < 1.29 is 0 Å². The van der Waals surface area contributed by atoms with Gasteiger partial charge in [0.2, 0.25) is 0 Å². The van der Waals surface area contributed by atoms with Crippen molar-refractivity contribution in [1.82, 2.24) is 9.97 Å². The van der Waals surface area contributed by atoms with E-state index in [-0.39, 0.29) is 0 Å². The van der Waals surface area contributed by atoms with E-state index in [0.29, 0.717) is 10.5 Å². The molecule has 19 heavy (non-hydrogen) atoms. The third-order valence-corrected chi connectivity index (χ3v) is 7.46. The van der Waals surface area contributed by atoms with Crippen LogP contribution >= 0.6 is 23.5 Å². The van der Waals surface area contributed by atoms with Gasteiger partial charge in [0, 0.05) is 27.5 Å². The molecule has 2 N–H and O–H groups in total. The van der Waals surface area contributed by atoms with E-state index in [4.69, 9.17) is 10.7 Å². The van der Waals surface area contributed by atoms with E-state index >= 15 is 0 Å². The van der Waals surface area contributed by atoms with Gasteiger partial charge in [0.1, 0.15) is 11.6 Å². The lowest BCUT2D eigenvalue weighted by Gasteiger charge is -2.31. The van der Waals surface area contributed by atoms with Crippen LogP contribution in [0.25, 0.3) is 0 Å². The predicted octanol–water partition coefficient (Wildman–Crippen LogP) is 3.24. The van der Waals surface area contributed by atoms with E-state index in [1.54, 1.807) is 0 Å². The molecule has 2 heterocycles. The lowest BCUT2D eigenvalue weighted by molar-refractivity contribution is 0.656. The Kier molecular flexibility index (Phi) is 3.94. The molecule has 5 heteroatoms. The summed E-state index contributed by atoms with van der Waals surface area (Å²) in [7, 11) is 0. The normalized spacial score (nSPS) is 30.9. The summed E-state index contributed by atoms with van der Waals surface area (Å²) in [5, 5.41) is 1.78. The van der Waals surface area contributed by atoms with E-state index < -0.39 is 0 Å². The number of fused-ring (bicyclic) bond motifs is 1. The zero-order valence-corrected chi connectivity index (χ0v) is 13.2. The smallest absolute Gasteiger partial charge is 0.144 e. The molecule has 0 radical (unpaired) electrons. The van der Waals surface area contributed by atoms with Gasteiger partial charge in [0.25, 0.3) is 0 Å². The summed E-state index contributed by atoms with van der Waals surface area (Å²) in [4.78, 5) is 9.43. The van der Waals surface area contributed by atoms with Crippen molar-refractivity contribution in [3.63, 3.8) is 0 Å². The molecule has 3 nitrogen and oxygen atoms in total. The fourth-order valence-electron chi connectivity index (χ4n) is 2.71. The second kappa shape index (κ2) is 5.52. The molecule has 0 amide bonds. The predicted molar refractivity (Wildman–Crippen MR) is 84.8 cm³/mol. The second-order valence-corrected chi connectivity index (χ2v) is 8.46. The van der Waals surface area contributed by atoms with Gasteiger partial charge >= 0.3 is 0 Å². The Morgan fingerprint density at radius 1 is 1.11 bits per heavy atom. The molecule has 0 saturated carbocycles. The molecular weight excluding hydrogens is 274 g/mol. The van der Waals surface area contributed by atoms with Crippen LogP contribution in [0.15, 0.2) is 0 Å². The van der Waals surface area contributed by atoms with Crippen LogP contribution < -0.4 is 5.73 Å². The van der Waals surface area contributed by atoms with E-state index in [0.717, 1.165) is 35.5 Å². The Balaban J connectivity index is 1.87. The van der Waals surface area contributed by atoms with Gasteiger partial charge < -0.3 is 5.73 Å². The van der Waals surface area contributed by atoms with E-state index in [2.05, 4.69) is 18.8 Å². The Morgan fingerprint density at radius 2 is 1.89 bits per heavy atom. The molecule has 0 bridgehead atoms. The van der Waals surface area contributed by atoms with Crippen LogP contribution in [-0.2, 0) is 12.8 Å². The van der Waals surface area contributed by atoms with Crippen LogP contribution in [0.5, 0.6) is 0 Å². The van der Waals surface area contributed by atoms with Crippen molar-refractivity contribution in [2.24, 2.45) is 0 Å². The molecule has 2 aliphatic rings. The minimum absolute atomic E-state index is 0.408. The highest BCUT2D eigenvalue weighted by Crippen LogP contribution is 2.43. The fourth-order valence-corrected chi connectivity index (χ4v) is 5.55. The van der Waals surface area contributed by atoms with Crippen molar-refractivity contribution in [2.75, 3.05) is 11.5 Å². The van der Waals surface area contributed by atoms with Crippen molar-refractivity contribution in [3.8, 4) is 0 Å². The zero-order valence-electron chi connectivity index (χ0n) is 11.6. The van der Waals surface area contributed by atoms with Crippen LogP contribution in [0.1, 0.15) is 49.0 Å². The summed E-state index contributed by atoms with van der Waals surface area (Å²) < 4.78 is 0. The molecule has 1 aromatic heterocycles. The number of nitrogens with zero attached hydrogens (tertiary/aromatic N) is 2. The van der Waals surface area contributed by atoms with E-state index in [1.807, 2.05) is 23.5 Å². The minimum atomic E-state index is 0.408. The number of hydrogen-bond donors (Lipinski definition) is 1. The van der Waals surface area contributed by atoms with Gasteiger partial charge in [-0.15, -0.1) is 11.8 Å². The van der Waals surface area contributed by atoms with Crippen molar-refractivity contribution in [2.45, 2.75) is 55.3 Å². The molecule has 1 fully saturated rings. The fraction of sp³-hybridized carbons (Fsp3) is 0.714. The Bertz CT molecular complexity index is 478. The van der Waals surface area contributed by atoms with Crippen LogP contribution in [-0.4, -0.2) is 26.2 Å². The molecular formula is C14H21N3S2. The number of thioether (sulfide) groups is 2. The highest BCUT2D eigenvalue weighted by molar-refractivity contribution is 8.07. The topological polar surface area (TPSA) is 51.8 Å². The molecule has 1 saturated heterocycles. The van der Waals surface area contributed by atoms with Crippen LogP contribution in [0.2, 0.25) is 0 Å². The minimum Gasteiger partial charge on any atom is -0.383 e. The van der Waals surface area contributed by atoms with Gasteiger partial charge in [-0.3, -0.25) is 0 Å². The first-order valence-electron chi connectivity index (χ1n) is 7.07. The summed E-state index contributed by atoms with van der Waals surface area (Å²) in [5.41, 5.74) is 8.57. The Labute approximate surface area is 123 Å². The largest absolute Gasteiger partial charge is 0.383 e. The number of rotatable bonds is 1. The quantitative estimate of drug-likeness (QED) is 0.862. The van der Waals surface area contributed by atoms with Gasteiger partial charge in [-0.05, 0) is 25.7 Å². The number of nitrogen functional groups attached to an aromatic ring is 1. The summed E-state index contributed by atoms with van der Waals surface area (Å²) in [6.45, 7) is 4.61. The maximum absolute atomic E-state index is 6.14. The van der Waals surface area contributed by atoms with E-state index in [1.165, 1.54) is 24.1 Å². The number of nitrogens with two attached hydrogens (primary N) is 1. The summed E-state index contributed by atoms with van der Waals surface area (Å²) in [5.74, 6) is 2.81. The van der Waals surface area contributed by atoms with E-state index in [9.17, 15) is 0 Å². The molecule has 1 aliphatic carbocycles. The number of aromatic nitrogens is 2. The van der Waals surface area contributed by atoms with Crippen LogP contribution in [0, 0.1) is 0 Å². The third-order valence-electron chi connectivity index (χ3n) is 4.07.